The van der Waals surface area contributed by atoms with E-state index in [4.69, 9.17) is 4.74 Å². The van der Waals surface area contributed by atoms with Crippen molar-refractivity contribution in [1.82, 2.24) is 14.8 Å². The second kappa shape index (κ2) is 5.72. The van der Waals surface area contributed by atoms with Gasteiger partial charge in [0, 0.05) is 31.7 Å². The molecule has 2 aliphatic rings. The highest BCUT2D eigenvalue weighted by Crippen LogP contribution is 2.37. The molecule has 0 radical (unpaired) electrons. The van der Waals surface area contributed by atoms with Gasteiger partial charge in [-0.15, -0.1) is 10.2 Å². The first-order valence-electron chi connectivity index (χ1n) is 7.98. The first-order chi connectivity index (χ1) is 9.66. The molecule has 0 bridgehead atoms. The Labute approximate surface area is 121 Å². The lowest BCUT2D eigenvalue weighted by Crippen LogP contribution is -2.33. The summed E-state index contributed by atoms with van der Waals surface area (Å²) in [5.41, 5.74) is 0. The van der Waals surface area contributed by atoms with Gasteiger partial charge < -0.3 is 9.64 Å². The molecule has 1 saturated heterocycles. The van der Waals surface area contributed by atoms with Gasteiger partial charge in [0.05, 0.1) is 6.10 Å². The summed E-state index contributed by atoms with van der Waals surface area (Å²) < 4.78 is 8.09. The average molecular weight is 278 g/mol. The van der Waals surface area contributed by atoms with Gasteiger partial charge >= 0.3 is 0 Å². The molecule has 20 heavy (non-hydrogen) atoms. The third kappa shape index (κ3) is 2.55. The van der Waals surface area contributed by atoms with Crippen molar-refractivity contribution in [3.63, 3.8) is 0 Å². The van der Waals surface area contributed by atoms with Crippen LogP contribution >= 0.6 is 0 Å². The Bertz CT molecular complexity index is 453. The second-order valence-electron chi connectivity index (χ2n) is 6.43. The molecule has 0 N–H and O–H groups in total. The average Bonchev–Trinajstić information content (AvgIpc) is 2.64. The molecule has 1 aromatic heterocycles. The van der Waals surface area contributed by atoms with Crippen LogP contribution in [0.1, 0.15) is 64.2 Å². The van der Waals surface area contributed by atoms with Crippen molar-refractivity contribution in [2.45, 2.75) is 64.5 Å². The van der Waals surface area contributed by atoms with E-state index in [-0.39, 0.29) is 6.10 Å². The SMILES string of the molecule is CC1CN(c2nnc(C3CCC3)n2C(C)C)CCCO1. The molecule has 0 amide bonds. The summed E-state index contributed by atoms with van der Waals surface area (Å²) >= 11 is 0. The van der Waals surface area contributed by atoms with E-state index in [1.54, 1.807) is 0 Å². The Morgan fingerprint density at radius 2 is 2.00 bits per heavy atom. The number of hydrogen-bond donors (Lipinski definition) is 0. The molecule has 2 heterocycles. The molecule has 5 nitrogen and oxygen atoms in total. The zero-order chi connectivity index (χ0) is 14.1. The fourth-order valence-corrected chi connectivity index (χ4v) is 3.13. The third-order valence-corrected chi connectivity index (χ3v) is 4.43. The summed E-state index contributed by atoms with van der Waals surface area (Å²) in [5.74, 6) is 2.86. The molecule has 1 atom stereocenters. The molecule has 1 saturated carbocycles. The van der Waals surface area contributed by atoms with E-state index in [1.165, 1.54) is 25.1 Å². The van der Waals surface area contributed by atoms with Gasteiger partial charge in [0.2, 0.25) is 5.95 Å². The molecule has 1 unspecified atom stereocenters. The van der Waals surface area contributed by atoms with E-state index < -0.39 is 0 Å². The smallest absolute Gasteiger partial charge is 0.227 e. The Morgan fingerprint density at radius 1 is 1.20 bits per heavy atom. The quantitative estimate of drug-likeness (QED) is 0.852. The van der Waals surface area contributed by atoms with Gasteiger partial charge in [0.25, 0.3) is 0 Å². The standard InChI is InChI=1S/C15H26N4O/c1-11(2)19-14(13-6-4-7-13)16-17-15(19)18-8-5-9-20-12(3)10-18/h11-13H,4-10H2,1-3H3. The maximum Gasteiger partial charge on any atom is 0.227 e. The second-order valence-corrected chi connectivity index (χ2v) is 6.43. The molecule has 3 rings (SSSR count). The van der Waals surface area contributed by atoms with Crippen molar-refractivity contribution in [2.24, 2.45) is 0 Å². The lowest BCUT2D eigenvalue weighted by atomic mass is 9.84. The molecule has 1 aliphatic carbocycles. The fourth-order valence-electron chi connectivity index (χ4n) is 3.13. The van der Waals surface area contributed by atoms with Crippen molar-refractivity contribution in [1.29, 1.82) is 0 Å². The van der Waals surface area contributed by atoms with E-state index in [0.717, 1.165) is 32.1 Å². The van der Waals surface area contributed by atoms with Crippen LogP contribution in [-0.4, -0.2) is 40.6 Å². The van der Waals surface area contributed by atoms with Crippen LogP contribution in [0.15, 0.2) is 0 Å². The van der Waals surface area contributed by atoms with Gasteiger partial charge in [-0.2, -0.15) is 0 Å². The van der Waals surface area contributed by atoms with Crippen LogP contribution in [-0.2, 0) is 4.74 Å². The maximum absolute atomic E-state index is 5.74. The van der Waals surface area contributed by atoms with Crippen LogP contribution in [0, 0.1) is 0 Å². The number of anilines is 1. The fraction of sp³-hybridized carbons (Fsp3) is 0.867. The predicted molar refractivity (Wildman–Crippen MR) is 79.2 cm³/mol. The van der Waals surface area contributed by atoms with Crippen molar-refractivity contribution in [2.75, 3.05) is 24.6 Å². The van der Waals surface area contributed by atoms with Crippen LogP contribution in [0.25, 0.3) is 0 Å². The summed E-state index contributed by atoms with van der Waals surface area (Å²) in [6.45, 7) is 9.37. The summed E-state index contributed by atoms with van der Waals surface area (Å²) in [6, 6.07) is 0.412. The Balaban J connectivity index is 1.89. The maximum atomic E-state index is 5.74. The lowest BCUT2D eigenvalue weighted by Gasteiger charge is -2.29. The highest BCUT2D eigenvalue weighted by molar-refractivity contribution is 5.33. The molecule has 0 spiro atoms. The number of hydrogen-bond acceptors (Lipinski definition) is 4. The number of rotatable bonds is 3. The highest BCUT2D eigenvalue weighted by Gasteiger charge is 2.30. The molecule has 5 heteroatoms. The summed E-state index contributed by atoms with van der Waals surface area (Å²) in [5, 5.41) is 9.04. The predicted octanol–water partition coefficient (Wildman–Crippen LogP) is 2.74. The molecule has 1 aromatic rings. The number of aromatic nitrogens is 3. The normalized spacial score (nSPS) is 24.8. The van der Waals surface area contributed by atoms with Crippen molar-refractivity contribution < 1.29 is 4.74 Å². The minimum atomic E-state index is 0.266. The summed E-state index contributed by atoms with van der Waals surface area (Å²) in [6.07, 6.45) is 5.20. The molecular weight excluding hydrogens is 252 g/mol. The Kier molecular flexibility index (Phi) is 3.96. The zero-order valence-electron chi connectivity index (χ0n) is 12.9. The summed E-state index contributed by atoms with van der Waals surface area (Å²) in [7, 11) is 0. The molecule has 112 valence electrons. The van der Waals surface area contributed by atoms with Crippen LogP contribution < -0.4 is 4.90 Å². The van der Waals surface area contributed by atoms with Crippen LogP contribution in [0.3, 0.4) is 0 Å². The topological polar surface area (TPSA) is 43.2 Å². The molecule has 2 fully saturated rings. The van der Waals surface area contributed by atoms with Crippen LogP contribution in [0.4, 0.5) is 5.95 Å². The van der Waals surface area contributed by atoms with Crippen molar-refractivity contribution in [3.8, 4) is 0 Å². The van der Waals surface area contributed by atoms with Gasteiger partial charge in [0.1, 0.15) is 5.82 Å². The third-order valence-electron chi connectivity index (χ3n) is 4.43. The zero-order valence-corrected chi connectivity index (χ0v) is 12.9. The molecule has 0 aromatic carbocycles. The largest absolute Gasteiger partial charge is 0.377 e. The molecule has 1 aliphatic heterocycles. The van der Waals surface area contributed by atoms with Gasteiger partial charge in [-0.05, 0) is 40.0 Å². The van der Waals surface area contributed by atoms with Gasteiger partial charge in [-0.25, -0.2) is 0 Å². The number of ether oxygens (including phenoxy) is 1. The van der Waals surface area contributed by atoms with Gasteiger partial charge in [0.15, 0.2) is 0 Å². The van der Waals surface area contributed by atoms with E-state index in [9.17, 15) is 0 Å². The summed E-state index contributed by atoms with van der Waals surface area (Å²) in [4.78, 5) is 2.35. The van der Waals surface area contributed by atoms with Gasteiger partial charge in [-0.3, -0.25) is 4.57 Å². The van der Waals surface area contributed by atoms with Crippen molar-refractivity contribution in [3.05, 3.63) is 5.82 Å². The lowest BCUT2D eigenvalue weighted by molar-refractivity contribution is 0.0819. The first-order valence-corrected chi connectivity index (χ1v) is 7.98. The number of nitrogens with zero attached hydrogens (tertiary/aromatic N) is 4. The van der Waals surface area contributed by atoms with E-state index in [0.29, 0.717) is 12.0 Å². The van der Waals surface area contributed by atoms with Gasteiger partial charge in [-0.1, -0.05) is 6.42 Å². The van der Waals surface area contributed by atoms with E-state index >= 15 is 0 Å². The van der Waals surface area contributed by atoms with Crippen molar-refractivity contribution >= 4 is 5.95 Å². The van der Waals surface area contributed by atoms with Crippen LogP contribution in [0.5, 0.6) is 0 Å². The Morgan fingerprint density at radius 3 is 2.65 bits per heavy atom. The Hall–Kier alpha value is -1.10. The molecular formula is C15H26N4O. The van der Waals surface area contributed by atoms with Crippen LogP contribution in [0.2, 0.25) is 0 Å². The minimum Gasteiger partial charge on any atom is -0.377 e. The highest BCUT2D eigenvalue weighted by atomic mass is 16.5. The van der Waals surface area contributed by atoms with E-state index in [1.807, 2.05) is 0 Å². The first kappa shape index (κ1) is 13.9. The minimum absolute atomic E-state index is 0.266. The van der Waals surface area contributed by atoms with E-state index in [2.05, 4.69) is 40.4 Å². The monoisotopic (exact) mass is 278 g/mol.